The summed E-state index contributed by atoms with van der Waals surface area (Å²) in [5, 5.41) is 8.72. The van der Waals surface area contributed by atoms with Crippen molar-refractivity contribution in [2.45, 2.75) is 26.2 Å². The molecule has 0 radical (unpaired) electrons. The highest BCUT2D eigenvalue weighted by atomic mass is 16.4. The van der Waals surface area contributed by atoms with Crippen LogP contribution >= 0.6 is 0 Å². The van der Waals surface area contributed by atoms with E-state index in [-0.39, 0.29) is 5.91 Å². The minimum Gasteiger partial charge on any atom is -0.478 e. The van der Waals surface area contributed by atoms with Crippen molar-refractivity contribution in [3.05, 3.63) is 35.7 Å². The van der Waals surface area contributed by atoms with Gasteiger partial charge in [0.05, 0.1) is 0 Å². The molecule has 1 aliphatic rings. The summed E-state index contributed by atoms with van der Waals surface area (Å²) >= 11 is 0. The Balaban J connectivity index is 2.20. The zero-order valence-electron chi connectivity index (χ0n) is 12.2. The van der Waals surface area contributed by atoms with Crippen LogP contribution in [0.5, 0.6) is 0 Å². The zero-order valence-corrected chi connectivity index (χ0v) is 12.2. The number of carbonyl (C=O) groups is 2. The zero-order chi connectivity index (χ0) is 15.2. The second-order valence-corrected chi connectivity index (χ2v) is 5.30. The summed E-state index contributed by atoms with van der Waals surface area (Å²) in [6.45, 7) is 3.69. The highest BCUT2D eigenvalue weighted by Gasteiger charge is 2.24. The van der Waals surface area contributed by atoms with E-state index in [1.165, 1.54) is 18.7 Å². The summed E-state index contributed by atoms with van der Waals surface area (Å²) in [7, 11) is 0. The maximum absolute atomic E-state index is 12.6. The first-order valence-electron chi connectivity index (χ1n) is 7.26. The molecule has 1 aliphatic heterocycles. The molecule has 2 heterocycles. The third kappa shape index (κ3) is 3.90. The van der Waals surface area contributed by atoms with Crippen LogP contribution < -0.4 is 0 Å². The molecule has 0 spiro atoms. The molecule has 0 bridgehead atoms. The maximum atomic E-state index is 12.6. The first-order valence-corrected chi connectivity index (χ1v) is 7.26. The summed E-state index contributed by atoms with van der Waals surface area (Å²) in [6.07, 6.45) is 8.80. The van der Waals surface area contributed by atoms with Crippen LogP contribution in [-0.4, -0.2) is 40.0 Å². The molecule has 0 aromatic carbocycles. The van der Waals surface area contributed by atoms with Crippen molar-refractivity contribution < 1.29 is 14.7 Å². The Hall–Kier alpha value is -2.17. The minimum absolute atomic E-state index is 0.0411. The highest BCUT2D eigenvalue weighted by molar-refractivity contribution is 5.98. The van der Waals surface area contributed by atoms with Crippen LogP contribution in [-0.2, 0) is 4.79 Å². The molecule has 5 heteroatoms. The molecule has 5 nitrogen and oxygen atoms in total. The molecule has 112 valence electrons. The van der Waals surface area contributed by atoms with E-state index in [4.69, 9.17) is 5.11 Å². The van der Waals surface area contributed by atoms with Gasteiger partial charge in [-0.2, -0.15) is 0 Å². The van der Waals surface area contributed by atoms with Crippen molar-refractivity contribution in [1.29, 1.82) is 0 Å². The number of likely N-dealkylation sites (tertiary alicyclic amines) is 1. The molecule has 1 saturated heterocycles. The van der Waals surface area contributed by atoms with E-state index in [9.17, 15) is 9.59 Å². The summed E-state index contributed by atoms with van der Waals surface area (Å²) in [5.41, 5.74) is 1.06. The Kier molecular flexibility index (Phi) is 5.09. The number of carbonyl (C=O) groups excluding carboxylic acids is 1. The van der Waals surface area contributed by atoms with Gasteiger partial charge in [-0.25, -0.2) is 4.79 Å². The molecule has 1 amide bonds. The first kappa shape index (κ1) is 15.2. The highest BCUT2D eigenvalue weighted by Crippen LogP contribution is 2.22. The molecule has 1 fully saturated rings. The molecular weight excluding hydrogens is 268 g/mol. The van der Waals surface area contributed by atoms with Gasteiger partial charge in [-0.1, -0.05) is 13.3 Å². The molecule has 21 heavy (non-hydrogen) atoms. The normalized spacial score (nSPS) is 18.9. The van der Waals surface area contributed by atoms with Gasteiger partial charge in [0.25, 0.3) is 5.91 Å². The fourth-order valence-electron chi connectivity index (χ4n) is 2.65. The second kappa shape index (κ2) is 7.02. The van der Waals surface area contributed by atoms with Crippen LogP contribution in [0.1, 0.15) is 42.1 Å². The first-order chi connectivity index (χ1) is 10.1. The van der Waals surface area contributed by atoms with Gasteiger partial charge in [-0.05, 0) is 30.9 Å². The molecule has 1 atom stereocenters. The van der Waals surface area contributed by atoms with E-state index in [0.717, 1.165) is 32.0 Å². The van der Waals surface area contributed by atoms with Gasteiger partial charge < -0.3 is 10.0 Å². The second-order valence-electron chi connectivity index (χ2n) is 5.30. The fourth-order valence-corrected chi connectivity index (χ4v) is 2.65. The Labute approximate surface area is 124 Å². The number of nitrogens with zero attached hydrogens (tertiary/aromatic N) is 2. The van der Waals surface area contributed by atoms with E-state index < -0.39 is 5.97 Å². The number of hydrogen-bond acceptors (Lipinski definition) is 3. The van der Waals surface area contributed by atoms with Crippen LogP contribution in [0.2, 0.25) is 0 Å². The molecule has 2 rings (SSSR count). The number of aromatic nitrogens is 1. The summed E-state index contributed by atoms with van der Waals surface area (Å²) in [5.74, 6) is -0.524. The lowest BCUT2D eigenvalue weighted by atomic mass is 9.95. The number of aliphatic carboxylic acids is 1. The molecule has 1 aromatic rings. The van der Waals surface area contributed by atoms with Crippen LogP contribution in [0.3, 0.4) is 0 Å². The van der Waals surface area contributed by atoms with E-state index in [0.29, 0.717) is 17.0 Å². The molecule has 0 saturated carbocycles. The third-order valence-electron chi connectivity index (χ3n) is 3.87. The van der Waals surface area contributed by atoms with Gasteiger partial charge in [0.2, 0.25) is 0 Å². The van der Waals surface area contributed by atoms with Gasteiger partial charge in [-0.3, -0.25) is 9.78 Å². The van der Waals surface area contributed by atoms with Gasteiger partial charge in [0, 0.05) is 42.7 Å². The average molecular weight is 288 g/mol. The molecule has 0 aliphatic carbocycles. The van der Waals surface area contributed by atoms with Crippen LogP contribution in [0.4, 0.5) is 0 Å². The van der Waals surface area contributed by atoms with Crippen molar-refractivity contribution >= 4 is 18.0 Å². The lowest BCUT2D eigenvalue weighted by molar-refractivity contribution is -0.131. The Bertz CT molecular complexity index is 554. The van der Waals surface area contributed by atoms with Crippen LogP contribution in [0, 0.1) is 5.92 Å². The van der Waals surface area contributed by atoms with Crippen molar-refractivity contribution in [3.63, 3.8) is 0 Å². The van der Waals surface area contributed by atoms with Crippen LogP contribution in [0.15, 0.2) is 24.5 Å². The van der Waals surface area contributed by atoms with E-state index in [2.05, 4.69) is 11.9 Å². The number of hydrogen-bond donors (Lipinski definition) is 1. The summed E-state index contributed by atoms with van der Waals surface area (Å²) in [6, 6.07) is 1.65. The third-order valence-corrected chi connectivity index (χ3v) is 3.87. The summed E-state index contributed by atoms with van der Waals surface area (Å²) < 4.78 is 0. The van der Waals surface area contributed by atoms with Gasteiger partial charge in [-0.15, -0.1) is 0 Å². The number of rotatable bonds is 4. The maximum Gasteiger partial charge on any atom is 0.328 e. The largest absolute Gasteiger partial charge is 0.478 e. The van der Waals surface area contributed by atoms with Crippen molar-refractivity contribution in [1.82, 2.24) is 9.88 Å². The van der Waals surface area contributed by atoms with Gasteiger partial charge >= 0.3 is 5.97 Å². The Morgan fingerprint density at radius 1 is 1.52 bits per heavy atom. The smallest absolute Gasteiger partial charge is 0.328 e. The topological polar surface area (TPSA) is 70.5 Å². The lowest BCUT2D eigenvalue weighted by Gasteiger charge is -2.32. The number of amides is 1. The van der Waals surface area contributed by atoms with Crippen molar-refractivity contribution in [2.24, 2.45) is 5.92 Å². The predicted molar refractivity (Wildman–Crippen MR) is 79.8 cm³/mol. The predicted octanol–water partition coefficient (Wildman–Crippen LogP) is 2.44. The minimum atomic E-state index is -1.04. The average Bonchev–Trinajstić information content (AvgIpc) is 2.52. The SMILES string of the molecule is CCC1CCCN(C(=O)c2ccncc2C=CC(=O)O)C1. The Morgan fingerprint density at radius 3 is 3.05 bits per heavy atom. The number of piperidine rings is 1. The Morgan fingerprint density at radius 2 is 2.33 bits per heavy atom. The van der Waals surface area contributed by atoms with E-state index >= 15 is 0 Å². The monoisotopic (exact) mass is 288 g/mol. The van der Waals surface area contributed by atoms with Crippen molar-refractivity contribution in [2.75, 3.05) is 13.1 Å². The van der Waals surface area contributed by atoms with Gasteiger partial charge in [0.1, 0.15) is 0 Å². The van der Waals surface area contributed by atoms with Gasteiger partial charge in [0.15, 0.2) is 0 Å². The fraction of sp³-hybridized carbons (Fsp3) is 0.438. The summed E-state index contributed by atoms with van der Waals surface area (Å²) in [4.78, 5) is 29.1. The quantitative estimate of drug-likeness (QED) is 0.864. The number of pyridine rings is 1. The molecule has 1 N–H and O–H groups in total. The standard InChI is InChI=1S/C16H20N2O3/c1-2-12-4-3-9-18(11-12)16(21)14-7-8-17-10-13(14)5-6-15(19)20/h5-8,10,12H,2-4,9,11H2,1H3,(H,19,20). The lowest BCUT2D eigenvalue weighted by Crippen LogP contribution is -2.40. The van der Waals surface area contributed by atoms with E-state index in [1.54, 1.807) is 12.3 Å². The van der Waals surface area contributed by atoms with Crippen molar-refractivity contribution in [3.8, 4) is 0 Å². The molecule has 1 unspecified atom stereocenters. The molecular formula is C16H20N2O3. The van der Waals surface area contributed by atoms with E-state index in [1.807, 2.05) is 4.90 Å². The molecule has 1 aromatic heterocycles. The number of carboxylic acids is 1. The van der Waals surface area contributed by atoms with Crippen LogP contribution in [0.25, 0.3) is 6.08 Å². The number of carboxylic acid groups (broad SMARTS) is 1.